The number of para-hydroxylation sites is 1. The van der Waals surface area contributed by atoms with Crippen molar-refractivity contribution in [2.75, 3.05) is 6.61 Å². The third kappa shape index (κ3) is 6.37. The van der Waals surface area contributed by atoms with E-state index >= 15 is 0 Å². The van der Waals surface area contributed by atoms with E-state index in [1.165, 1.54) is 11.3 Å². The van der Waals surface area contributed by atoms with Gasteiger partial charge in [0.25, 0.3) is 5.56 Å². The number of benzene rings is 3. The van der Waals surface area contributed by atoms with Crippen molar-refractivity contribution in [3.05, 3.63) is 124 Å². The first kappa shape index (κ1) is 29.8. The Morgan fingerprint density at radius 3 is 2.52 bits per heavy atom. The minimum absolute atomic E-state index is 0.0970. The molecule has 0 radical (unpaired) electrons. The smallest absolute Gasteiger partial charge is 0.338 e. The molecule has 0 bridgehead atoms. The molecule has 0 aliphatic carbocycles. The first-order chi connectivity index (χ1) is 20.3. The highest BCUT2D eigenvalue weighted by atomic mass is 127. The Morgan fingerprint density at radius 1 is 1.07 bits per heavy atom. The third-order valence-electron chi connectivity index (χ3n) is 6.58. The van der Waals surface area contributed by atoms with E-state index in [9.17, 15) is 9.59 Å². The summed E-state index contributed by atoms with van der Waals surface area (Å²) in [5.74, 6) is 0.872. The van der Waals surface area contributed by atoms with Crippen molar-refractivity contribution >= 4 is 46.0 Å². The van der Waals surface area contributed by atoms with Crippen LogP contribution in [0.1, 0.15) is 50.4 Å². The molecule has 216 valence electrons. The largest absolute Gasteiger partial charge is 0.491 e. The van der Waals surface area contributed by atoms with Crippen molar-refractivity contribution in [2.24, 2.45) is 4.99 Å². The molecule has 9 heteroatoms. The highest BCUT2D eigenvalue weighted by molar-refractivity contribution is 14.1. The van der Waals surface area contributed by atoms with Gasteiger partial charge in [0, 0.05) is 5.56 Å². The zero-order valence-corrected chi connectivity index (χ0v) is 26.8. The van der Waals surface area contributed by atoms with E-state index in [1.54, 1.807) is 18.4 Å². The number of allylic oxidation sites excluding steroid dienone is 1. The monoisotopic (exact) mass is 694 g/mol. The summed E-state index contributed by atoms with van der Waals surface area (Å²) >= 11 is 3.54. The second-order valence-electron chi connectivity index (χ2n) is 9.97. The quantitative estimate of drug-likeness (QED) is 0.164. The molecule has 0 N–H and O–H groups in total. The lowest BCUT2D eigenvalue weighted by Crippen LogP contribution is -2.40. The standard InChI is InChI=1S/C33H31IN2O5S/c1-5-39-32(38)29-21(4)35-33-36(30(29)24-13-9-10-14-26(24)41-20(2)3)31(37)28(42-33)18-23-15-16-27(25(34)17-23)40-19-22-11-7-6-8-12-22/h6-18,20,30H,5,19H2,1-4H3/b28-18+/t30-/m1/s1. The Labute approximate surface area is 261 Å². The lowest BCUT2D eigenvalue weighted by molar-refractivity contribution is -0.139. The maximum atomic E-state index is 14.0. The number of thiazole rings is 1. The van der Waals surface area contributed by atoms with Gasteiger partial charge in [-0.3, -0.25) is 9.36 Å². The molecule has 4 aromatic rings. The van der Waals surface area contributed by atoms with Gasteiger partial charge in [-0.1, -0.05) is 65.9 Å². The summed E-state index contributed by atoms with van der Waals surface area (Å²) in [5, 5.41) is 0. The number of carbonyl (C=O) groups is 1. The molecule has 7 nitrogen and oxygen atoms in total. The minimum Gasteiger partial charge on any atom is -0.491 e. The number of esters is 1. The van der Waals surface area contributed by atoms with Crippen molar-refractivity contribution in [3.63, 3.8) is 0 Å². The lowest BCUT2D eigenvalue weighted by atomic mass is 9.95. The van der Waals surface area contributed by atoms with Gasteiger partial charge in [0.15, 0.2) is 4.80 Å². The summed E-state index contributed by atoms with van der Waals surface area (Å²) in [6.07, 6.45) is 1.75. The Kier molecular flexibility index (Phi) is 9.27. The molecule has 0 spiro atoms. The summed E-state index contributed by atoms with van der Waals surface area (Å²) in [6, 6.07) is 22.6. The van der Waals surface area contributed by atoms with Crippen molar-refractivity contribution in [3.8, 4) is 11.5 Å². The van der Waals surface area contributed by atoms with Crippen molar-refractivity contribution in [1.29, 1.82) is 0 Å². The summed E-state index contributed by atoms with van der Waals surface area (Å²) < 4.78 is 20.6. The van der Waals surface area contributed by atoms with Gasteiger partial charge in [-0.15, -0.1) is 0 Å². The molecule has 0 saturated carbocycles. The van der Waals surface area contributed by atoms with Crippen LogP contribution in [0.5, 0.6) is 11.5 Å². The van der Waals surface area contributed by atoms with Crippen LogP contribution in [0.25, 0.3) is 6.08 Å². The van der Waals surface area contributed by atoms with Gasteiger partial charge in [-0.05, 0) is 85.7 Å². The van der Waals surface area contributed by atoms with Crippen LogP contribution < -0.4 is 24.4 Å². The molecule has 1 aliphatic rings. The summed E-state index contributed by atoms with van der Waals surface area (Å²) in [7, 11) is 0. The second-order valence-corrected chi connectivity index (χ2v) is 12.1. The van der Waals surface area contributed by atoms with Crippen LogP contribution in [0, 0.1) is 3.57 Å². The normalized spacial score (nSPS) is 14.9. The molecule has 1 aromatic heterocycles. The molecule has 3 aromatic carbocycles. The second kappa shape index (κ2) is 13.1. The minimum atomic E-state index is -0.744. The van der Waals surface area contributed by atoms with E-state index in [0.717, 1.165) is 20.4 Å². The van der Waals surface area contributed by atoms with Gasteiger partial charge in [-0.2, -0.15) is 0 Å². The van der Waals surface area contributed by atoms with E-state index in [2.05, 4.69) is 27.6 Å². The average molecular weight is 695 g/mol. The number of rotatable bonds is 9. The van der Waals surface area contributed by atoms with Crippen LogP contribution in [0.3, 0.4) is 0 Å². The highest BCUT2D eigenvalue weighted by Gasteiger charge is 2.35. The number of fused-ring (bicyclic) bond motifs is 1. The number of ether oxygens (including phenoxy) is 3. The van der Waals surface area contributed by atoms with Crippen LogP contribution in [0.4, 0.5) is 0 Å². The highest BCUT2D eigenvalue weighted by Crippen LogP contribution is 2.36. The van der Waals surface area contributed by atoms with Crippen LogP contribution in [-0.2, 0) is 16.1 Å². The molecule has 0 unspecified atom stereocenters. The Balaban J connectivity index is 1.57. The number of halogens is 1. The van der Waals surface area contributed by atoms with E-state index in [0.29, 0.717) is 38.5 Å². The van der Waals surface area contributed by atoms with Crippen molar-refractivity contribution < 1.29 is 19.0 Å². The van der Waals surface area contributed by atoms with Gasteiger partial charge in [0.1, 0.15) is 24.1 Å². The Morgan fingerprint density at radius 2 is 1.81 bits per heavy atom. The fourth-order valence-corrected chi connectivity index (χ4v) is 6.51. The maximum Gasteiger partial charge on any atom is 0.338 e. The van der Waals surface area contributed by atoms with E-state index in [-0.39, 0.29) is 18.3 Å². The molecular weight excluding hydrogens is 663 g/mol. The van der Waals surface area contributed by atoms with Gasteiger partial charge >= 0.3 is 5.97 Å². The topological polar surface area (TPSA) is 79.1 Å². The first-order valence-corrected chi connectivity index (χ1v) is 15.6. The summed E-state index contributed by atoms with van der Waals surface area (Å²) in [4.78, 5) is 32.5. The SMILES string of the molecule is CCOC(=O)C1=C(C)N=c2s/c(=C/c3ccc(OCc4ccccc4)c(I)c3)c(=O)n2[C@@H]1c1ccccc1OC(C)C. The number of hydrogen-bond acceptors (Lipinski definition) is 7. The van der Waals surface area contributed by atoms with E-state index in [1.807, 2.05) is 92.7 Å². The first-order valence-electron chi connectivity index (χ1n) is 13.7. The van der Waals surface area contributed by atoms with E-state index in [4.69, 9.17) is 14.2 Å². The predicted octanol–water partition coefficient (Wildman–Crippen LogP) is 5.77. The van der Waals surface area contributed by atoms with Crippen LogP contribution in [0.15, 0.2) is 93.9 Å². The Hall–Kier alpha value is -3.70. The zero-order chi connectivity index (χ0) is 29.8. The number of aromatic nitrogens is 1. The number of carbonyl (C=O) groups excluding carboxylic acids is 1. The van der Waals surface area contributed by atoms with Gasteiger partial charge < -0.3 is 14.2 Å². The molecule has 2 heterocycles. The zero-order valence-electron chi connectivity index (χ0n) is 23.8. The van der Waals surface area contributed by atoms with Gasteiger partial charge in [-0.25, -0.2) is 9.79 Å². The molecular formula is C33H31IN2O5S. The predicted molar refractivity (Wildman–Crippen MR) is 173 cm³/mol. The fourth-order valence-electron chi connectivity index (χ4n) is 4.76. The Bertz CT molecular complexity index is 1830. The fraction of sp³-hybridized carbons (Fsp3) is 0.242. The van der Waals surface area contributed by atoms with Gasteiger partial charge in [0.2, 0.25) is 0 Å². The lowest BCUT2D eigenvalue weighted by Gasteiger charge is -2.26. The third-order valence-corrected chi connectivity index (χ3v) is 8.41. The summed E-state index contributed by atoms with van der Waals surface area (Å²) in [5.41, 5.74) is 3.25. The molecule has 1 atom stereocenters. The summed E-state index contributed by atoms with van der Waals surface area (Å²) in [6.45, 7) is 8.09. The molecule has 1 aliphatic heterocycles. The van der Waals surface area contributed by atoms with Crippen molar-refractivity contribution in [1.82, 2.24) is 4.57 Å². The van der Waals surface area contributed by atoms with Gasteiger partial charge in [0.05, 0.1) is 32.1 Å². The molecule has 0 amide bonds. The average Bonchev–Trinajstić information content (AvgIpc) is 3.26. The van der Waals surface area contributed by atoms with Crippen LogP contribution >= 0.6 is 33.9 Å². The maximum absolute atomic E-state index is 14.0. The number of nitrogens with zero attached hydrogens (tertiary/aromatic N) is 2. The molecule has 0 saturated heterocycles. The molecule has 5 rings (SSSR count). The van der Waals surface area contributed by atoms with Crippen LogP contribution in [0.2, 0.25) is 0 Å². The van der Waals surface area contributed by atoms with Crippen LogP contribution in [-0.4, -0.2) is 23.2 Å². The molecule has 42 heavy (non-hydrogen) atoms. The van der Waals surface area contributed by atoms with E-state index < -0.39 is 12.0 Å². The molecule has 0 fully saturated rings. The van der Waals surface area contributed by atoms with Crippen molar-refractivity contribution in [2.45, 2.75) is 46.4 Å². The number of hydrogen-bond donors (Lipinski definition) is 0.